The fraction of sp³-hybridized carbons (Fsp3) is 0.0769. The number of anilines is 2. The molecule has 2 rings (SSSR count). The zero-order valence-electron chi connectivity index (χ0n) is 9.92. The van der Waals surface area contributed by atoms with E-state index in [-0.39, 0.29) is 4.90 Å². The third-order valence-corrected chi connectivity index (χ3v) is 3.76. The summed E-state index contributed by atoms with van der Waals surface area (Å²) in [4.78, 5) is 0.229. The minimum absolute atomic E-state index is 0.229. The lowest BCUT2D eigenvalue weighted by molar-refractivity contribution is 0.602. The molecule has 0 saturated carbocycles. The van der Waals surface area contributed by atoms with E-state index >= 15 is 0 Å². The van der Waals surface area contributed by atoms with Gasteiger partial charge in [0.1, 0.15) is 0 Å². The smallest absolute Gasteiger partial charge is 0.176 e. The molecule has 4 N–H and O–H groups in total. The minimum Gasteiger partial charge on any atom is -0.399 e. The molecule has 94 valence electrons. The first-order chi connectivity index (χ1) is 8.38. The van der Waals surface area contributed by atoms with E-state index in [1.54, 1.807) is 36.4 Å². The van der Waals surface area contributed by atoms with Crippen LogP contribution < -0.4 is 11.5 Å². The van der Waals surface area contributed by atoms with E-state index in [1.165, 1.54) is 12.3 Å². The Morgan fingerprint density at radius 1 is 0.889 bits per heavy atom. The van der Waals surface area contributed by atoms with E-state index in [4.69, 9.17) is 11.5 Å². The maximum atomic E-state index is 11.8. The second-order valence-corrected chi connectivity index (χ2v) is 6.13. The molecule has 2 aromatic rings. The second-order valence-electron chi connectivity index (χ2n) is 4.15. The Morgan fingerprint density at radius 2 is 1.44 bits per heavy atom. The van der Waals surface area contributed by atoms with Crippen molar-refractivity contribution in [2.75, 3.05) is 17.7 Å². The summed E-state index contributed by atoms with van der Waals surface area (Å²) in [6.45, 7) is 0. The van der Waals surface area contributed by atoms with Crippen molar-refractivity contribution in [2.24, 2.45) is 0 Å². The molecule has 0 heterocycles. The number of rotatable bonds is 2. The SMILES string of the molecule is CS(=O)(=O)c1cc(N)ccc1-c1ccc(N)cc1. The van der Waals surface area contributed by atoms with Gasteiger partial charge in [-0.3, -0.25) is 0 Å². The average Bonchev–Trinajstić information content (AvgIpc) is 2.29. The van der Waals surface area contributed by atoms with Gasteiger partial charge in [0.15, 0.2) is 9.84 Å². The lowest BCUT2D eigenvalue weighted by Crippen LogP contribution is -2.01. The minimum atomic E-state index is -3.33. The Bertz CT molecular complexity index is 677. The molecule has 0 fully saturated rings. The Kier molecular flexibility index (Phi) is 3.00. The van der Waals surface area contributed by atoms with Crippen molar-refractivity contribution < 1.29 is 8.42 Å². The van der Waals surface area contributed by atoms with Crippen molar-refractivity contribution in [3.63, 3.8) is 0 Å². The number of hydrogen-bond donors (Lipinski definition) is 2. The number of sulfone groups is 1. The molecular formula is C13H14N2O2S. The van der Waals surface area contributed by atoms with Crippen LogP contribution in [0.2, 0.25) is 0 Å². The second kappa shape index (κ2) is 4.34. The third-order valence-electron chi connectivity index (χ3n) is 2.63. The van der Waals surface area contributed by atoms with Gasteiger partial charge in [0, 0.05) is 23.2 Å². The van der Waals surface area contributed by atoms with Crippen molar-refractivity contribution in [1.29, 1.82) is 0 Å². The Labute approximate surface area is 106 Å². The first-order valence-electron chi connectivity index (χ1n) is 5.33. The van der Waals surface area contributed by atoms with Gasteiger partial charge >= 0.3 is 0 Å². The summed E-state index contributed by atoms with van der Waals surface area (Å²) in [6, 6.07) is 11.9. The zero-order valence-corrected chi connectivity index (χ0v) is 10.7. The van der Waals surface area contributed by atoms with Gasteiger partial charge in [-0.1, -0.05) is 18.2 Å². The van der Waals surface area contributed by atoms with Crippen LogP contribution in [0.1, 0.15) is 0 Å². The molecule has 0 aromatic heterocycles. The zero-order chi connectivity index (χ0) is 13.3. The van der Waals surface area contributed by atoms with Gasteiger partial charge in [0.2, 0.25) is 0 Å². The van der Waals surface area contributed by atoms with Crippen molar-refractivity contribution >= 4 is 21.2 Å². The molecule has 0 aliphatic carbocycles. The van der Waals surface area contributed by atoms with Crippen LogP contribution in [0, 0.1) is 0 Å². The van der Waals surface area contributed by atoms with E-state index in [9.17, 15) is 8.42 Å². The van der Waals surface area contributed by atoms with Crippen molar-refractivity contribution in [1.82, 2.24) is 0 Å². The fourth-order valence-corrected chi connectivity index (χ4v) is 2.68. The van der Waals surface area contributed by atoms with Gasteiger partial charge in [0.05, 0.1) is 4.90 Å². The summed E-state index contributed by atoms with van der Waals surface area (Å²) in [5.74, 6) is 0. The van der Waals surface area contributed by atoms with Crippen LogP contribution in [0.25, 0.3) is 11.1 Å². The number of benzene rings is 2. The van der Waals surface area contributed by atoms with E-state index in [2.05, 4.69) is 0 Å². The summed E-state index contributed by atoms with van der Waals surface area (Å²) < 4.78 is 23.5. The normalized spacial score (nSPS) is 11.4. The van der Waals surface area contributed by atoms with Gasteiger partial charge < -0.3 is 11.5 Å². The van der Waals surface area contributed by atoms with E-state index in [1.807, 2.05) is 0 Å². The number of hydrogen-bond acceptors (Lipinski definition) is 4. The van der Waals surface area contributed by atoms with E-state index in [0.29, 0.717) is 16.9 Å². The maximum Gasteiger partial charge on any atom is 0.176 e. The van der Waals surface area contributed by atoms with Crippen LogP contribution in [0.15, 0.2) is 47.4 Å². The highest BCUT2D eigenvalue weighted by Crippen LogP contribution is 2.29. The van der Waals surface area contributed by atoms with E-state index < -0.39 is 9.84 Å². The van der Waals surface area contributed by atoms with E-state index in [0.717, 1.165) is 5.56 Å². The monoisotopic (exact) mass is 262 g/mol. The molecule has 5 heteroatoms. The Balaban J connectivity index is 2.68. The summed E-state index contributed by atoms with van der Waals surface area (Å²) in [7, 11) is -3.33. The molecule has 0 aliphatic rings. The molecule has 0 bridgehead atoms. The number of nitrogen functional groups attached to an aromatic ring is 2. The van der Waals surface area contributed by atoms with Gasteiger partial charge in [-0.15, -0.1) is 0 Å². The van der Waals surface area contributed by atoms with Crippen molar-refractivity contribution in [2.45, 2.75) is 4.90 Å². The predicted octanol–water partition coefficient (Wildman–Crippen LogP) is 1.92. The summed E-state index contributed by atoms with van der Waals surface area (Å²) >= 11 is 0. The molecule has 0 radical (unpaired) electrons. The summed E-state index contributed by atoms with van der Waals surface area (Å²) in [5, 5.41) is 0. The summed E-state index contributed by atoms with van der Waals surface area (Å²) in [5.41, 5.74) is 13.7. The highest BCUT2D eigenvalue weighted by Gasteiger charge is 2.14. The van der Waals surface area contributed by atoms with Crippen LogP contribution in [0.3, 0.4) is 0 Å². The molecule has 0 amide bonds. The average molecular weight is 262 g/mol. The van der Waals surface area contributed by atoms with Crippen LogP contribution in [-0.4, -0.2) is 14.7 Å². The van der Waals surface area contributed by atoms with Crippen LogP contribution in [0.5, 0.6) is 0 Å². The van der Waals surface area contributed by atoms with Gasteiger partial charge in [-0.25, -0.2) is 8.42 Å². The van der Waals surface area contributed by atoms with Crippen LogP contribution >= 0.6 is 0 Å². The number of nitrogens with two attached hydrogens (primary N) is 2. The van der Waals surface area contributed by atoms with Crippen LogP contribution in [-0.2, 0) is 9.84 Å². The maximum absolute atomic E-state index is 11.8. The van der Waals surface area contributed by atoms with Gasteiger partial charge in [0.25, 0.3) is 0 Å². The highest BCUT2D eigenvalue weighted by atomic mass is 32.2. The Hall–Kier alpha value is -2.01. The molecule has 0 aliphatic heterocycles. The largest absolute Gasteiger partial charge is 0.399 e. The standard InChI is InChI=1S/C13H14N2O2S/c1-18(16,17)13-8-11(15)6-7-12(13)9-2-4-10(14)5-3-9/h2-8H,14-15H2,1H3. The quantitative estimate of drug-likeness (QED) is 0.809. The van der Waals surface area contributed by atoms with Crippen molar-refractivity contribution in [3.05, 3.63) is 42.5 Å². The summed E-state index contributed by atoms with van der Waals surface area (Å²) in [6.07, 6.45) is 1.17. The molecule has 0 unspecified atom stereocenters. The molecule has 0 atom stereocenters. The molecular weight excluding hydrogens is 248 g/mol. The van der Waals surface area contributed by atoms with Gasteiger partial charge in [-0.05, 0) is 29.8 Å². The molecule has 18 heavy (non-hydrogen) atoms. The molecule has 2 aromatic carbocycles. The molecule has 0 spiro atoms. The van der Waals surface area contributed by atoms with Crippen molar-refractivity contribution in [3.8, 4) is 11.1 Å². The topological polar surface area (TPSA) is 86.2 Å². The first kappa shape index (κ1) is 12.4. The predicted molar refractivity (Wildman–Crippen MR) is 73.8 cm³/mol. The fourth-order valence-electron chi connectivity index (χ4n) is 1.75. The lowest BCUT2D eigenvalue weighted by Gasteiger charge is -2.09. The Morgan fingerprint density at radius 3 is 2.00 bits per heavy atom. The first-order valence-corrected chi connectivity index (χ1v) is 7.22. The molecule has 4 nitrogen and oxygen atoms in total. The lowest BCUT2D eigenvalue weighted by atomic mass is 10.1. The highest BCUT2D eigenvalue weighted by molar-refractivity contribution is 7.90. The third kappa shape index (κ3) is 2.46. The molecule has 0 saturated heterocycles. The van der Waals surface area contributed by atoms with Crippen LogP contribution in [0.4, 0.5) is 11.4 Å². The van der Waals surface area contributed by atoms with Gasteiger partial charge in [-0.2, -0.15) is 0 Å².